The minimum Gasteiger partial charge on any atom is -0.369 e. The summed E-state index contributed by atoms with van der Waals surface area (Å²) in [7, 11) is 1.69. The monoisotopic (exact) mass is 518 g/mol. The summed E-state index contributed by atoms with van der Waals surface area (Å²) >= 11 is 0. The molecule has 2 aromatic rings. The summed E-state index contributed by atoms with van der Waals surface area (Å²) in [6.45, 7) is 2.15. The first-order valence-electron chi connectivity index (χ1n) is 11.4. The standard InChI is InChI=1S/C25H25F7N2O2/c1-14(16-9-17(24(27,28)29)11-18(10-16)25(30,31)32)36-21-13-34(22-7-8-23(35)33(22)2)12-20(21)15-3-5-19(26)6-4-15/h3-6,9-11,14,20-22H,7-8,12-13H2,1-2H3. The Bertz CT molecular complexity index is 1070. The lowest BCUT2D eigenvalue weighted by Crippen LogP contribution is -2.43. The van der Waals surface area contributed by atoms with Crippen LogP contribution in [0.3, 0.4) is 0 Å². The molecule has 196 valence electrons. The molecule has 1 amide bonds. The van der Waals surface area contributed by atoms with Crippen molar-refractivity contribution in [2.24, 2.45) is 0 Å². The molecule has 2 heterocycles. The first-order valence-corrected chi connectivity index (χ1v) is 11.4. The predicted molar refractivity (Wildman–Crippen MR) is 116 cm³/mol. The Morgan fingerprint density at radius 1 is 0.944 bits per heavy atom. The van der Waals surface area contributed by atoms with Crippen LogP contribution in [0.2, 0.25) is 0 Å². The largest absolute Gasteiger partial charge is 0.416 e. The zero-order chi connectivity index (χ0) is 26.4. The minimum absolute atomic E-state index is 0.0142. The summed E-state index contributed by atoms with van der Waals surface area (Å²) in [6.07, 6.45) is -10.9. The third-order valence-electron chi connectivity index (χ3n) is 6.93. The molecule has 0 aromatic heterocycles. The quantitative estimate of drug-likeness (QED) is 0.456. The maximum atomic E-state index is 13.5. The van der Waals surface area contributed by atoms with E-state index in [1.807, 2.05) is 4.90 Å². The Labute approximate surface area is 203 Å². The highest BCUT2D eigenvalue weighted by molar-refractivity contribution is 5.78. The molecule has 4 rings (SSSR count). The van der Waals surface area contributed by atoms with E-state index in [-0.39, 0.29) is 29.6 Å². The van der Waals surface area contributed by atoms with Crippen LogP contribution in [0.1, 0.15) is 54.0 Å². The molecule has 2 aliphatic heterocycles. The molecule has 0 N–H and O–H groups in total. The molecular formula is C25H25F7N2O2. The molecule has 4 nitrogen and oxygen atoms in total. The third kappa shape index (κ3) is 5.51. The molecule has 0 radical (unpaired) electrons. The van der Waals surface area contributed by atoms with Crippen LogP contribution in [0.25, 0.3) is 0 Å². The zero-order valence-corrected chi connectivity index (χ0v) is 19.5. The topological polar surface area (TPSA) is 32.8 Å². The average Bonchev–Trinajstić information content (AvgIpc) is 3.35. The van der Waals surface area contributed by atoms with Crippen LogP contribution in [-0.4, -0.2) is 48.1 Å². The van der Waals surface area contributed by atoms with Crippen molar-refractivity contribution in [3.63, 3.8) is 0 Å². The van der Waals surface area contributed by atoms with E-state index in [1.165, 1.54) is 19.1 Å². The number of nitrogens with zero attached hydrogens (tertiary/aromatic N) is 2. The Hall–Kier alpha value is -2.66. The highest BCUT2D eigenvalue weighted by Crippen LogP contribution is 2.40. The summed E-state index contributed by atoms with van der Waals surface area (Å²) in [4.78, 5) is 15.7. The molecular weight excluding hydrogens is 493 g/mol. The predicted octanol–water partition coefficient (Wildman–Crippen LogP) is 5.99. The van der Waals surface area contributed by atoms with Gasteiger partial charge in [0.05, 0.1) is 29.5 Å². The molecule has 0 aliphatic carbocycles. The van der Waals surface area contributed by atoms with Crippen molar-refractivity contribution >= 4 is 5.91 Å². The smallest absolute Gasteiger partial charge is 0.369 e. The fourth-order valence-corrected chi connectivity index (χ4v) is 4.99. The van der Waals surface area contributed by atoms with Gasteiger partial charge in [-0.15, -0.1) is 0 Å². The van der Waals surface area contributed by atoms with Crippen LogP contribution in [-0.2, 0) is 21.9 Å². The number of rotatable bonds is 5. The lowest BCUT2D eigenvalue weighted by atomic mass is 9.95. The van der Waals surface area contributed by atoms with Gasteiger partial charge in [0.2, 0.25) is 5.91 Å². The number of hydrogen-bond donors (Lipinski definition) is 0. The molecule has 36 heavy (non-hydrogen) atoms. The zero-order valence-electron chi connectivity index (χ0n) is 19.5. The second-order valence-electron chi connectivity index (χ2n) is 9.29. The number of benzene rings is 2. The van der Waals surface area contributed by atoms with Crippen LogP contribution in [0.4, 0.5) is 30.7 Å². The van der Waals surface area contributed by atoms with Crippen molar-refractivity contribution in [1.29, 1.82) is 0 Å². The van der Waals surface area contributed by atoms with Gasteiger partial charge < -0.3 is 9.64 Å². The molecule has 0 saturated carbocycles. The molecule has 2 saturated heterocycles. The molecule has 0 spiro atoms. The Balaban J connectivity index is 1.63. The van der Waals surface area contributed by atoms with Crippen molar-refractivity contribution < 1.29 is 40.3 Å². The molecule has 2 aromatic carbocycles. The van der Waals surface area contributed by atoms with Gasteiger partial charge in [-0.25, -0.2) is 4.39 Å². The van der Waals surface area contributed by atoms with Crippen LogP contribution in [0.15, 0.2) is 42.5 Å². The highest BCUT2D eigenvalue weighted by Gasteiger charge is 2.43. The maximum absolute atomic E-state index is 13.5. The van der Waals surface area contributed by atoms with Gasteiger partial charge in [-0.2, -0.15) is 26.3 Å². The molecule has 2 aliphatic rings. The normalized spacial score (nSPS) is 24.5. The number of hydrogen-bond acceptors (Lipinski definition) is 3. The fourth-order valence-electron chi connectivity index (χ4n) is 4.99. The van der Waals surface area contributed by atoms with E-state index in [2.05, 4.69) is 0 Å². The van der Waals surface area contributed by atoms with Gasteiger partial charge in [0.1, 0.15) is 5.82 Å². The van der Waals surface area contributed by atoms with E-state index in [1.54, 1.807) is 24.1 Å². The molecule has 2 fully saturated rings. The summed E-state index contributed by atoms with van der Waals surface area (Å²) in [5.74, 6) is -0.783. The van der Waals surface area contributed by atoms with Crippen LogP contribution < -0.4 is 0 Å². The first kappa shape index (κ1) is 26.4. The highest BCUT2D eigenvalue weighted by atomic mass is 19.4. The molecule has 0 bridgehead atoms. The van der Waals surface area contributed by atoms with Crippen molar-refractivity contribution in [3.05, 3.63) is 70.5 Å². The number of carbonyl (C=O) groups is 1. The second-order valence-corrected chi connectivity index (χ2v) is 9.29. The van der Waals surface area contributed by atoms with Gasteiger partial charge >= 0.3 is 12.4 Å². The Morgan fingerprint density at radius 2 is 1.53 bits per heavy atom. The van der Waals surface area contributed by atoms with E-state index >= 15 is 0 Å². The Kier molecular flexibility index (Phi) is 7.09. The van der Waals surface area contributed by atoms with Gasteiger partial charge in [0.25, 0.3) is 0 Å². The van der Waals surface area contributed by atoms with E-state index in [0.29, 0.717) is 38.1 Å². The van der Waals surface area contributed by atoms with Crippen molar-refractivity contribution in [2.45, 2.75) is 56.4 Å². The average molecular weight is 518 g/mol. The lowest BCUT2D eigenvalue weighted by Gasteiger charge is -2.29. The van der Waals surface area contributed by atoms with E-state index in [4.69, 9.17) is 4.74 Å². The van der Waals surface area contributed by atoms with Crippen molar-refractivity contribution in [2.75, 3.05) is 20.1 Å². The lowest BCUT2D eigenvalue weighted by molar-refractivity contribution is -0.143. The van der Waals surface area contributed by atoms with Gasteiger partial charge in [-0.3, -0.25) is 9.69 Å². The van der Waals surface area contributed by atoms with Gasteiger partial charge in [-0.05, 0) is 54.8 Å². The van der Waals surface area contributed by atoms with Crippen LogP contribution >= 0.6 is 0 Å². The molecule has 4 unspecified atom stereocenters. The summed E-state index contributed by atoms with van der Waals surface area (Å²) in [6, 6.07) is 7.16. The first-order chi connectivity index (χ1) is 16.7. The van der Waals surface area contributed by atoms with E-state index in [9.17, 15) is 35.5 Å². The molecule has 4 atom stereocenters. The summed E-state index contributed by atoms with van der Waals surface area (Å²) < 4.78 is 99.6. The number of ether oxygens (including phenoxy) is 1. The summed E-state index contributed by atoms with van der Waals surface area (Å²) in [5.41, 5.74) is -2.33. The SMILES string of the molecule is CC(OC1CN(C2CCC(=O)N2C)CC1c1ccc(F)cc1)c1cc(C(F)(F)F)cc(C(F)(F)F)c1. The van der Waals surface area contributed by atoms with Gasteiger partial charge in [-0.1, -0.05) is 12.1 Å². The number of likely N-dealkylation sites (tertiary alicyclic amines) is 2. The number of halogens is 7. The number of amides is 1. The third-order valence-corrected chi connectivity index (χ3v) is 6.93. The van der Waals surface area contributed by atoms with Crippen molar-refractivity contribution in [1.82, 2.24) is 9.80 Å². The van der Waals surface area contributed by atoms with Gasteiger partial charge in [0, 0.05) is 32.5 Å². The Morgan fingerprint density at radius 3 is 2.03 bits per heavy atom. The maximum Gasteiger partial charge on any atom is 0.416 e. The molecule has 11 heteroatoms. The number of alkyl halides is 6. The second kappa shape index (κ2) is 9.66. The number of carbonyl (C=O) groups excluding carboxylic acids is 1. The van der Waals surface area contributed by atoms with Crippen LogP contribution in [0.5, 0.6) is 0 Å². The fraction of sp³-hybridized carbons (Fsp3) is 0.480. The van der Waals surface area contributed by atoms with E-state index < -0.39 is 41.5 Å². The minimum atomic E-state index is -4.96. The van der Waals surface area contributed by atoms with Crippen molar-refractivity contribution in [3.8, 4) is 0 Å². The van der Waals surface area contributed by atoms with Crippen LogP contribution in [0, 0.1) is 5.82 Å². The summed E-state index contributed by atoms with van der Waals surface area (Å²) in [5, 5.41) is 0. The van der Waals surface area contributed by atoms with E-state index in [0.717, 1.165) is 5.56 Å². The van der Waals surface area contributed by atoms with Gasteiger partial charge in [0.15, 0.2) is 0 Å².